The van der Waals surface area contributed by atoms with E-state index in [0.717, 1.165) is 11.1 Å². The van der Waals surface area contributed by atoms with E-state index in [2.05, 4.69) is 20.0 Å². The molecule has 0 bridgehead atoms. The standard InChI is InChI=1S/C23H26N4O4S/c1-14-7-6-8-15(2)21(14)31-18(5)22(28)26-19-9-11-20(12-10-19)32(29,30)27-23-24-16(3)13-17(4)25-23/h6-13,18H,1-5H3,(H,26,28)(H,24,25,27). The fraction of sp³-hybridized carbons (Fsp3) is 0.261. The molecule has 0 spiro atoms. The van der Waals surface area contributed by atoms with Gasteiger partial charge in [0.25, 0.3) is 15.9 Å². The molecule has 0 aliphatic rings. The number of rotatable bonds is 7. The van der Waals surface area contributed by atoms with Crippen molar-refractivity contribution in [1.29, 1.82) is 0 Å². The highest BCUT2D eigenvalue weighted by Gasteiger charge is 2.19. The maximum atomic E-state index is 12.6. The summed E-state index contributed by atoms with van der Waals surface area (Å²) < 4.78 is 33.5. The van der Waals surface area contributed by atoms with Crippen LogP contribution in [0.1, 0.15) is 29.4 Å². The first-order valence-electron chi connectivity index (χ1n) is 10.0. The first kappa shape index (κ1) is 23.2. The fourth-order valence-electron chi connectivity index (χ4n) is 3.13. The summed E-state index contributed by atoms with van der Waals surface area (Å²) in [7, 11) is -3.87. The van der Waals surface area contributed by atoms with Crippen LogP contribution >= 0.6 is 0 Å². The summed E-state index contributed by atoms with van der Waals surface area (Å²) in [5, 5.41) is 2.74. The lowest BCUT2D eigenvalue weighted by Gasteiger charge is -2.18. The van der Waals surface area contributed by atoms with Crippen molar-refractivity contribution in [2.75, 3.05) is 10.0 Å². The summed E-state index contributed by atoms with van der Waals surface area (Å²) in [5.41, 5.74) is 3.66. The quantitative estimate of drug-likeness (QED) is 0.560. The highest BCUT2D eigenvalue weighted by Crippen LogP contribution is 2.24. The summed E-state index contributed by atoms with van der Waals surface area (Å²) in [6, 6.07) is 13.3. The number of amides is 1. The third kappa shape index (κ3) is 5.61. The Morgan fingerprint density at radius 3 is 2.06 bits per heavy atom. The number of benzene rings is 2. The van der Waals surface area contributed by atoms with Crippen molar-refractivity contribution < 1.29 is 17.9 Å². The third-order valence-electron chi connectivity index (χ3n) is 4.71. The van der Waals surface area contributed by atoms with Crippen LogP contribution in [-0.2, 0) is 14.8 Å². The van der Waals surface area contributed by atoms with Gasteiger partial charge in [0, 0.05) is 17.1 Å². The maximum absolute atomic E-state index is 12.6. The molecular weight excluding hydrogens is 428 g/mol. The van der Waals surface area contributed by atoms with Crippen LogP contribution in [-0.4, -0.2) is 30.4 Å². The second kappa shape index (κ2) is 9.35. The fourth-order valence-corrected chi connectivity index (χ4v) is 4.07. The van der Waals surface area contributed by atoms with Gasteiger partial charge in [-0.15, -0.1) is 0 Å². The van der Waals surface area contributed by atoms with E-state index in [1.54, 1.807) is 26.8 Å². The zero-order valence-corrected chi connectivity index (χ0v) is 19.4. The highest BCUT2D eigenvalue weighted by atomic mass is 32.2. The zero-order chi connectivity index (χ0) is 23.5. The van der Waals surface area contributed by atoms with E-state index in [0.29, 0.717) is 22.8 Å². The molecule has 0 saturated heterocycles. The van der Waals surface area contributed by atoms with Crippen LogP contribution in [0.3, 0.4) is 0 Å². The molecule has 168 valence electrons. The van der Waals surface area contributed by atoms with E-state index in [-0.39, 0.29) is 16.8 Å². The molecule has 0 saturated carbocycles. The van der Waals surface area contributed by atoms with Crippen molar-refractivity contribution in [2.45, 2.75) is 45.6 Å². The Balaban J connectivity index is 1.67. The van der Waals surface area contributed by atoms with Gasteiger partial charge in [0.2, 0.25) is 5.95 Å². The van der Waals surface area contributed by atoms with Gasteiger partial charge in [0.15, 0.2) is 6.10 Å². The van der Waals surface area contributed by atoms with E-state index >= 15 is 0 Å². The van der Waals surface area contributed by atoms with Crippen molar-refractivity contribution in [3.8, 4) is 5.75 Å². The molecule has 1 aromatic heterocycles. The molecule has 8 nitrogen and oxygen atoms in total. The van der Waals surface area contributed by atoms with Gasteiger partial charge in [0.05, 0.1) is 4.90 Å². The summed E-state index contributed by atoms with van der Waals surface area (Å²) in [6.45, 7) is 9.02. The number of nitrogens with zero attached hydrogens (tertiary/aromatic N) is 2. The number of aryl methyl sites for hydroxylation is 4. The number of hydrogen-bond acceptors (Lipinski definition) is 6. The van der Waals surface area contributed by atoms with Crippen LogP contribution < -0.4 is 14.8 Å². The van der Waals surface area contributed by atoms with Crippen LogP contribution in [0.25, 0.3) is 0 Å². The Hall–Kier alpha value is -3.46. The molecule has 1 unspecified atom stereocenters. The molecule has 3 aromatic rings. The van der Waals surface area contributed by atoms with Crippen molar-refractivity contribution in [3.63, 3.8) is 0 Å². The molecule has 0 radical (unpaired) electrons. The van der Waals surface area contributed by atoms with Crippen LogP contribution in [0.5, 0.6) is 5.75 Å². The molecular formula is C23H26N4O4S. The van der Waals surface area contributed by atoms with Crippen LogP contribution in [0, 0.1) is 27.7 Å². The van der Waals surface area contributed by atoms with E-state index in [1.807, 2.05) is 32.0 Å². The number of hydrogen-bond donors (Lipinski definition) is 2. The van der Waals surface area contributed by atoms with Gasteiger partial charge < -0.3 is 10.1 Å². The largest absolute Gasteiger partial charge is 0.480 e. The maximum Gasteiger partial charge on any atom is 0.265 e. The summed E-state index contributed by atoms with van der Waals surface area (Å²) >= 11 is 0. The SMILES string of the molecule is Cc1cc(C)nc(NS(=O)(=O)c2ccc(NC(=O)C(C)Oc3c(C)cccc3C)cc2)n1. The number of carbonyl (C=O) groups excluding carboxylic acids is 1. The van der Waals surface area contributed by atoms with Crippen molar-refractivity contribution in [2.24, 2.45) is 0 Å². The van der Waals surface area contributed by atoms with Gasteiger partial charge in [-0.25, -0.2) is 23.1 Å². The number of nitrogens with one attached hydrogen (secondary N) is 2. The lowest BCUT2D eigenvalue weighted by molar-refractivity contribution is -0.122. The Morgan fingerprint density at radius 1 is 0.938 bits per heavy atom. The molecule has 0 aliphatic carbocycles. The molecule has 9 heteroatoms. The second-order valence-corrected chi connectivity index (χ2v) is 9.26. The molecule has 32 heavy (non-hydrogen) atoms. The minimum atomic E-state index is -3.87. The summed E-state index contributed by atoms with van der Waals surface area (Å²) in [4.78, 5) is 20.8. The topological polar surface area (TPSA) is 110 Å². The van der Waals surface area contributed by atoms with Crippen molar-refractivity contribution in [1.82, 2.24) is 9.97 Å². The van der Waals surface area contributed by atoms with E-state index in [4.69, 9.17) is 4.74 Å². The number of sulfonamides is 1. The van der Waals surface area contributed by atoms with Crippen LogP contribution in [0.4, 0.5) is 11.6 Å². The number of anilines is 2. The molecule has 1 atom stereocenters. The van der Waals surface area contributed by atoms with Crippen molar-refractivity contribution in [3.05, 3.63) is 71.0 Å². The van der Waals surface area contributed by atoms with Gasteiger partial charge in [-0.3, -0.25) is 4.79 Å². The first-order chi connectivity index (χ1) is 15.0. The summed E-state index contributed by atoms with van der Waals surface area (Å²) in [6.07, 6.45) is -0.735. The van der Waals surface area contributed by atoms with E-state index in [9.17, 15) is 13.2 Å². The highest BCUT2D eigenvalue weighted by molar-refractivity contribution is 7.92. The minimum Gasteiger partial charge on any atom is -0.480 e. The van der Waals surface area contributed by atoms with Crippen LogP contribution in [0.15, 0.2) is 53.4 Å². The van der Waals surface area contributed by atoms with Gasteiger partial charge in [-0.2, -0.15) is 0 Å². The molecule has 3 rings (SSSR count). The van der Waals surface area contributed by atoms with Gasteiger partial charge in [-0.05, 0) is 76.1 Å². The molecule has 1 heterocycles. The van der Waals surface area contributed by atoms with Gasteiger partial charge in [-0.1, -0.05) is 18.2 Å². The average Bonchev–Trinajstić information content (AvgIpc) is 2.70. The van der Waals surface area contributed by atoms with Crippen LogP contribution in [0.2, 0.25) is 0 Å². The predicted molar refractivity (Wildman–Crippen MR) is 123 cm³/mol. The first-order valence-corrected chi connectivity index (χ1v) is 11.5. The molecule has 0 fully saturated rings. The number of carbonyl (C=O) groups is 1. The molecule has 2 aromatic carbocycles. The van der Waals surface area contributed by atoms with Crippen molar-refractivity contribution >= 4 is 27.6 Å². The lowest BCUT2D eigenvalue weighted by atomic mass is 10.1. The number of aromatic nitrogens is 2. The smallest absolute Gasteiger partial charge is 0.265 e. The van der Waals surface area contributed by atoms with E-state index in [1.165, 1.54) is 24.3 Å². The third-order valence-corrected chi connectivity index (χ3v) is 6.06. The van der Waals surface area contributed by atoms with E-state index < -0.39 is 16.1 Å². The average molecular weight is 455 g/mol. The van der Waals surface area contributed by atoms with Gasteiger partial charge >= 0.3 is 0 Å². The monoisotopic (exact) mass is 454 g/mol. The molecule has 1 amide bonds. The molecule has 0 aliphatic heterocycles. The normalized spacial score (nSPS) is 12.2. The minimum absolute atomic E-state index is 0.0114. The Morgan fingerprint density at radius 2 is 1.50 bits per heavy atom. The second-order valence-electron chi connectivity index (χ2n) is 7.57. The molecule has 2 N–H and O–H groups in total. The summed E-state index contributed by atoms with van der Waals surface area (Å²) in [5.74, 6) is 0.346. The number of ether oxygens (including phenoxy) is 1. The zero-order valence-electron chi connectivity index (χ0n) is 18.6. The van der Waals surface area contributed by atoms with Gasteiger partial charge in [0.1, 0.15) is 5.75 Å². The number of para-hydroxylation sites is 1. The Labute approximate surface area is 188 Å². The Kier molecular flexibility index (Phi) is 6.78. The Bertz CT molecular complexity index is 1200. The lowest BCUT2D eigenvalue weighted by Crippen LogP contribution is -2.30. The predicted octanol–water partition coefficient (Wildman–Crippen LogP) is 3.92.